The van der Waals surface area contributed by atoms with E-state index in [1.165, 1.54) is 12.1 Å². The molecule has 0 aliphatic heterocycles. The first-order valence-corrected chi connectivity index (χ1v) is 5.58. The minimum absolute atomic E-state index is 0.109. The van der Waals surface area contributed by atoms with Crippen molar-refractivity contribution in [3.63, 3.8) is 0 Å². The molecular weight excluding hydrogens is 222 g/mol. The van der Waals surface area contributed by atoms with Gasteiger partial charge in [0.05, 0.1) is 4.92 Å². The lowest BCUT2D eigenvalue weighted by Crippen LogP contribution is -2.33. The monoisotopic (exact) mass is 235 g/mol. The van der Waals surface area contributed by atoms with E-state index in [2.05, 4.69) is 10.3 Å². The molecule has 1 heterocycles. The number of hydrogen-bond donors (Lipinski definition) is 1. The Morgan fingerprint density at radius 3 is 2.65 bits per heavy atom. The Balaban J connectivity index is 2.01. The largest absolute Gasteiger partial charge is 0.348 e. The van der Waals surface area contributed by atoms with Crippen LogP contribution in [0.2, 0.25) is 0 Å². The Bertz CT molecular complexity index is 424. The molecule has 1 aliphatic rings. The molecule has 0 unspecified atom stereocenters. The summed E-state index contributed by atoms with van der Waals surface area (Å²) in [5.74, 6) is -0.258. The molecule has 6 heteroatoms. The molecule has 6 nitrogen and oxygen atoms in total. The molecule has 1 aromatic heterocycles. The average Bonchev–Trinajstić information content (AvgIpc) is 2.82. The molecule has 0 radical (unpaired) electrons. The number of carbonyl (C=O) groups excluding carboxylic acids is 1. The lowest BCUT2D eigenvalue weighted by molar-refractivity contribution is -0.385. The van der Waals surface area contributed by atoms with E-state index in [-0.39, 0.29) is 23.3 Å². The van der Waals surface area contributed by atoms with Crippen molar-refractivity contribution in [3.05, 3.63) is 34.1 Å². The van der Waals surface area contributed by atoms with Crippen LogP contribution in [0.4, 0.5) is 5.69 Å². The molecule has 1 saturated carbocycles. The number of nitrogens with zero attached hydrogens (tertiary/aromatic N) is 2. The minimum atomic E-state index is -0.536. The molecule has 2 rings (SSSR count). The van der Waals surface area contributed by atoms with Gasteiger partial charge in [-0.05, 0) is 18.9 Å². The van der Waals surface area contributed by atoms with Crippen molar-refractivity contribution >= 4 is 11.6 Å². The number of pyridine rings is 1. The number of carbonyl (C=O) groups is 1. The number of amides is 1. The van der Waals surface area contributed by atoms with E-state index in [1.54, 1.807) is 0 Å². The first-order chi connectivity index (χ1) is 8.16. The summed E-state index contributed by atoms with van der Waals surface area (Å²) in [4.78, 5) is 25.4. The highest BCUT2D eigenvalue weighted by molar-refractivity contribution is 5.92. The number of rotatable bonds is 3. The van der Waals surface area contributed by atoms with E-state index >= 15 is 0 Å². The van der Waals surface area contributed by atoms with Gasteiger partial charge in [0.15, 0.2) is 0 Å². The first kappa shape index (κ1) is 11.5. The molecule has 0 bridgehead atoms. The van der Waals surface area contributed by atoms with Gasteiger partial charge in [-0.25, -0.2) is 4.98 Å². The van der Waals surface area contributed by atoms with Gasteiger partial charge in [0.1, 0.15) is 11.9 Å². The predicted octanol–water partition coefficient (Wildman–Crippen LogP) is 1.66. The van der Waals surface area contributed by atoms with Crippen LogP contribution < -0.4 is 5.32 Å². The zero-order valence-corrected chi connectivity index (χ0v) is 9.26. The van der Waals surface area contributed by atoms with Gasteiger partial charge >= 0.3 is 0 Å². The van der Waals surface area contributed by atoms with Gasteiger partial charge < -0.3 is 5.32 Å². The third-order valence-corrected chi connectivity index (χ3v) is 2.88. The molecule has 1 amide bonds. The molecule has 0 saturated heterocycles. The highest BCUT2D eigenvalue weighted by atomic mass is 16.6. The second-order valence-corrected chi connectivity index (χ2v) is 4.11. The normalized spacial score (nSPS) is 15.8. The molecule has 1 aromatic rings. The smallest absolute Gasteiger partial charge is 0.287 e. The van der Waals surface area contributed by atoms with Gasteiger partial charge in [0.25, 0.3) is 11.6 Å². The van der Waals surface area contributed by atoms with E-state index < -0.39 is 4.92 Å². The highest BCUT2D eigenvalue weighted by Gasteiger charge is 2.19. The van der Waals surface area contributed by atoms with Gasteiger partial charge in [-0.2, -0.15) is 0 Å². The van der Waals surface area contributed by atoms with E-state index in [0.29, 0.717) is 0 Å². The fraction of sp³-hybridized carbons (Fsp3) is 0.455. The van der Waals surface area contributed by atoms with Gasteiger partial charge in [0, 0.05) is 12.1 Å². The van der Waals surface area contributed by atoms with Crippen molar-refractivity contribution in [3.8, 4) is 0 Å². The summed E-state index contributed by atoms with van der Waals surface area (Å²) in [6.45, 7) is 0. The minimum Gasteiger partial charge on any atom is -0.348 e. The molecule has 1 fully saturated rings. The number of nitrogens with one attached hydrogen (secondary N) is 1. The Labute approximate surface area is 98.2 Å². The number of aromatic nitrogens is 1. The summed E-state index contributed by atoms with van der Waals surface area (Å²) in [6.07, 6.45) is 5.37. The van der Waals surface area contributed by atoms with Crippen molar-refractivity contribution in [1.82, 2.24) is 10.3 Å². The van der Waals surface area contributed by atoms with Crippen molar-refractivity contribution in [2.45, 2.75) is 31.7 Å². The number of nitro groups is 1. The number of hydrogen-bond acceptors (Lipinski definition) is 4. The summed E-state index contributed by atoms with van der Waals surface area (Å²) in [6, 6.07) is 2.89. The molecule has 17 heavy (non-hydrogen) atoms. The van der Waals surface area contributed by atoms with Crippen LogP contribution in [0, 0.1) is 10.1 Å². The molecule has 0 atom stereocenters. The second-order valence-electron chi connectivity index (χ2n) is 4.11. The first-order valence-electron chi connectivity index (χ1n) is 5.58. The Morgan fingerprint density at radius 1 is 1.41 bits per heavy atom. The zero-order valence-electron chi connectivity index (χ0n) is 9.26. The van der Waals surface area contributed by atoms with Crippen LogP contribution in [0.3, 0.4) is 0 Å². The van der Waals surface area contributed by atoms with Gasteiger partial charge in [0.2, 0.25) is 0 Å². The SMILES string of the molecule is O=C(NC1CCCC1)c1ccc([N+](=O)[O-])cn1. The molecule has 1 aliphatic carbocycles. The quantitative estimate of drug-likeness (QED) is 0.637. The predicted molar refractivity (Wildman–Crippen MR) is 60.6 cm³/mol. The zero-order chi connectivity index (χ0) is 12.3. The van der Waals surface area contributed by atoms with Crippen molar-refractivity contribution in [1.29, 1.82) is 0 Å². The summed E-state index contributed by atoms with van der Waals surface area (Å²) in [5.41, 5.74) is 0.116. The molecule has 0 aromatic carbocycles. The van der Waals surface area contributed by atoms with Gasteiger partial charge in [-0.3, -0.25) is 14.9 Å². The fourth-order valence-corrected chi connectivity index (χ4v) is 1.96. The van der Waals surface area contributed by atoms with E-state index in [9.17, 15) is 14.9 Å². The Morgan fingerprint density at radius 2 is 2.12 bits per heavy atom. The van der Waals surface area contributed by atoms with Crippen LogP contribution in [-0.4, -0.2) is 21.9 Å². The molecule has 90 valence electrons. The fourth-order valence-electron chi connectivity index (χ4n) is 1.96. The van der Waals surface area contributed by atoms with Crippen molar-refractivity contribution in [2.24, 2.45) is 0 Å². The van der Waals surface area contributed by atoms with Crippen molar-refractivity contribution in [2.75, 3.05) is 0 Å². The van der Waals surface area contributed by atoms with Crippen LogP contribution in [0.25, 0.3) is 0 Å². The Hall–Kier alpha value is -1.98. The van der Waals surface area contributed by atoms with Crippen molar-refractivity contribution < 1.29 is 9.72 Å². The average molecular weight is 235 g/mol. The maximum Gasteiger partial charge on any atom is 0.287 e. The second kappa shape index (κ2) is 4.90. The Kier molecular flexibility index (Phi) is 3.32. The van der Waals surface area contributed by atoms with Gasteiger partial charge in [-0.15, -0.1) is 0 Å². The maximum atomic E-state index is 11.7. The molecule has 1 N–H and O–H groups in total. The van der Waals surface area contributed by atoms with Crippen LogP contribution in [-0.2, 0) is 0 Å². The lowest BCUT2D eigenvalue weighted by Gasteiger charge is -2.10. The standard InChI is InChI=1S/C11H13N3O3/c15-11(13-8-3-1-2-4-8)10-6-5-9(7-12-10)14(16)17/h5-8H,1-4H2,(H,13,15). The lowest BCUT2D eigenvalue weighted by atomic mass is 10.2. The third-order valence-electron chi connectivity index (χ3n) is 2.88. The van der Waals surface area contributed by atoms with Crippen LogP contribution >= 0.6 is 0 Å². The van der Waals surface area contributed by atoms with Crippen LogP contribution in [0.5, 0.6) is 0 Å². The summed E-state index contributed by atoms with van der Waals surface area (Å²) < 4.78 is 0. The van der Waals surface area contributed by atoms with E-state index in [4.69, 9.17) is 0 Å². The molecular formula is C11H13N3O3. The van der Waals surface area contributed by atoms with E-state index in [1.807, 2.05) is 0 Å². The summed E-state index contributed by atoms with van der Waals surface area (Å²) in [7, 11) is 0. The maximum absolute atomic E-state index is 11.7. The third kappa shape index (κ3) is 2.77. The van der Waals surface area contributed by atoms with Crippen LogP contribution in [0.1, 0.15) is 36.2 Å². The van der Waals surface area contributed by atoms with Gasteiger partial charge in [-0.1, -0.05) is 12.8 Å². The van der Waals surface area contributed by atoms with E-state index in [0.717, 1.165) is 31.9 Å². The molecule has 0 spiro atoms. The highest BCUT2D eigenvalue weighted by Crippen LogP contribution is 2.18. The summed E-state index contributed by atoms with van der Waals surface area (Å²) >= 11 is 0. The van der Waals surface area contributed by atoms with Crippen LogP contribution in [0.15, 0.2) is 18.3 Å². The topological polar surface area (TPSA) is 85.1 Å². The summed E-state index contributed by atoms with van der Waals surface area (Å²) in [5, 5.41) is 13.3.